The number of hydrogen-bond acceptors (Lipinski definition) is 3. The van der Waals surface area contributed by atoms with Crippen LogP contribution in [0, 0.1) is 0 Å². The molecule has 2 aromatic carbocycles. The van der Waals surface area contributed by atoms with Gasteiger partial charge in [0.2, 0.25) is 0 Å². The van der Waals surface area contributed by atoms with E-state index in [1.54, 1.807) is 0 Å². The Morgan fingerprint density at radius 1 is 0.938 bits per heavy atom. The molecular weight excluding hydrogens is 398 g/mol. The minimum atomic E-state index is 0.00366. The first kappa shape index (κ1) is 21.0. The maximum absolute atomic E-state index is 13.8. The molecule has 0 radical (unpaired) electrons. The average molecular weight is 430 g/mol. The number of rotatable bonds is 6. The number of aryl methyl sites for hydroxylation is 1. The highest BCUT2D eigenvalue weighted by atomic mass is 16.5. The summed E-state index contributed by atoms with van der Waals surface area (Å²) in [4.78, 5) is 18.4. The normalized spacial score (nSPS) is 21.5. The summed E-state index contributed by atoms with van der Waals surface area (Å²) in [5.74, 6) is 0.354. The SMILES string of the molecule is Cn1cccc1[C@@H]1[C@@H](CN2CCOCC2)c2ccccc2C(=O)N1CCc1ccccc1. The minimum absolute atomic E-state index is 0.00366. The van der Waals surface area contributed by atoms with E-state index in [-0.39, 0.29) is 17.9 Å². The van der Waals surface area contributed by atoms with Crippen LogP contribution >= 0.6 is 0 Å². The molecule has 1 aromatic heterocycles. The third-order valence-corrected chi connectivity index (χ3v) is 6.90. The Kier molecular flexibility index (Phi) is 6.10. The van der Waals surface area contributed by atoms with Crippen LogP contribution in [0.3, 0.4) is 0 Å². The second kappa shape index (κ2) is 9.31. The summed E-state index contributed by atoms with van der Waals surface area (Å²) in [5.41, 5.74) is 4.48. The lowest BCUT2D eigenvalue weighted by molar-refractivity contribution is 0.0247. The van der Waals surface area contributed by atoms with Crippen molar-refractivity contribution in [2.24, 2.45) is 7.05 Å². The molecule has 5 heteroatoms. The third-order valence-electron chi connectivity index (χ3n) is 6.90. The zero-order valence-corrected chi connectivity index (χ0v) is 18.7. The number of aromatic nitrogens is 1. The molecule has 0 spiro atoms. The fourth-order valence-electron chi connectivity index (χ4n) is 5.23. The molecule has 2 aliphatic heterocycles. The largest absolute Gasteiger partial charge is 0.379 e. The molecule has 1 amide bonds. The molecule has 0 bridgehead atoms. The van der Waals surface area contributed by atoms with Gasteiger partial charge in [-0.25, -0.2) is 0 Å². The van der Waals surface area contributed by atoms with E-state index in [0.717, 1.165) is 44.8 Å². The number of amides is 1. The van der Waals surface area contributed by atoms with Crippen molar-refractivity contribution in [1.82, 2.24) is 14.4 Å². The molecule has 0 saturated carbocycles. The van der Waals surface area contributed by atoms with Crippen LogP contribution in [0.25, 0.3) is 0 Å². The molecule has 32 heavy (non-hydrogen) atoms. The molecule has 1 fully saturated rings. The van der Waals surface area contributed by atoms with Crippen molar-refractivity contribution in [3.8, 4) is 0 Å². The highest BCUT2D eigenvalue weighted by Crippen LogP contribution is 2.43. The van der Waals surface area contributed by atoms with Gasteiger partial charge in [-0.3, -0.25) is 9.69 Å². The van der Waals surface area contributed by atoms with Gasteiger partial charge in [-0.15, -0.1) is 0 Å². The van der Waals surface area contributed by atoms with Gasteiger partial charge < -0.3 is 14.2 Å². The molecule has 2 aliphatic rings. The predicted molar refractivity (Wildman–Crippen MR) is 126 cm³/mol. The molecule has 3 heterocycles. The second-order valence-electron chi connectivity index (χ2n) is 8.83. The van der Waals surface area contributed by atoms with Gasteiger partial charge >= 0.3 is 0 Å². The van der Waals surface area contributed by atoms with E-state index in [1.165, 1.54) is 16.8 Å². The fraction of sp³-hybridized carbons (Fsp3) is 0.370. The quantitative estimate of drug-likeness (QED) is 0.597. The van der Waals surface area contributed by atoms with Gasteiger partial charge in [0.25, 0.3) is 5.91 Å². The monoisotopic (exact) mass is 429 g/mol. The van der Waals surface area contributed by atoms with Gasteiger partial charge in [0.15, 0.2) is 0 Å². The lowest BCUT2D eigenvalue weighted by atomic mass is 9.80. The van der Waals surface area contributed by atoms with Crippen LogP contribution < -0.4 is 0 Å². The first-order valence-corrected chi connectivity index (χ1v) is 11.6. The number of benzene rings is 2. The molecule has 0 unspecified atom stereocenters. The topological polar surface area (TPSA) is 37.7 Å². The van der Waals surface area contributed by atoms with Gasteiger partial charge in [0.05, 0.1) is 19.3 Å². The van der Waals surface area contributed by atoms with Crippen molar-refractivity contribution in [3.05, 3.63) is 95.3 Å². The maximum atomic E-state index is 13.8. The lowest BCUT2D eigenvalue weighted by Crippen LogP contribution is -2.48. The molecular formula is C27H31N3O2. The maximum Gasteiger partial charge on any atom is 0.254 e. The van der Waals surface area contributed by atoms with Gasteiger partial charge in [-0.2, -0.15) is 0 Å². The third kappa shape index (κ3) is 4.10. The molecule has 1 saturated heterocycles. The Morgan fingerprint density at radius 3 is 2.44 bits per heavy atom. The lowest BCUT2D eigenvalue weighted by Gasteiger charge is -2.44. The summed E-state index contributed by atoms with van der Waals surface area (Å²) < 4.78 is 7.77. The number of fused-ring (bicyclic) bond motifs is 1. The number of carbonyl (C=O) groups excluding carboxylic acids is 1. The Balaban J connectivity index is 1.54. The average Bonchev–Trinajstić information content (AvgIpc) is 3.26. The number of morpholine rings is 1. The molecule has 0 N–H and O–H groups in total. The van der Waals surface area contributed by atoms with Crippen molar-refractivity contribution >= 4 is 5.91 Å². The van der Waals surface area contributed by atoms with Gasteiger partial charge in [-0.05, 0) is 35.7 Å². The van der Waals surface area contributed by atoms with E-state index in [9.17, 15) is 4.79 Å². The van der Waals surface area contributed by atoms with Crippen LogP contribution in [0.5, 0.6) is 0 Å². The number of carbonyl (C=O) groups is 1. The summed E-state index contributed by atoms with van der Waals surface area (Å²) in [5, 5.41) is 0. The predicted octanol–water partition coefficient (Wildman–Crippen LogP) is 3.88. The van der Waals surface area contributed by atoms with E-state index in [0.29, 0.717) is 6.54 Å². The summed E-state index contributed by atoms with van der Waals surface area (Å²) in [7, 11) is 2.08. The van der Waals surface area contributed by atoms with E-state index in [1.807, 2.05) is 18.2 Å². The highest BCUT2D eigenvalue weighted by molar-refractivity contribution is 5.97. The van der Waals surface area contributed by atoms with Gasteiger partial charge in [0.1, 0.15) is 0 Å². The zero-order valence-electron chi connectivity index (χ0n) is 18.7. The van der Waals surface area contributed by atoms with Crippen molar-refractivity contribution in [2.45, 2.75) is 18.4 Å². The molecule has 166 valence electrons. The van der Waals surface area contributed by atoms with Crippen molar-refractivity contribution in [1.29, 1.82) is 0 Å². The number of nitrogens with zero attached hydrogens (tertiary/aromatic N) is 3. The van der Waals surface area contributed by atoms with Crippen LogP contribution in [-0.2, 0) is 18.2 Å². The van der Waals surface area contributed by atoms with E-state index in [4.69, 9.17) is 4.74 Å². The smallest absolute Gasteiger partial charge is 0.254 e. The van der Waals surface area contributed by atoms with Crippen LogP contribution in [0.15, 0.2) is 72.9 Å². The molecule has 5 nitrogen and oxygen atoms in total. The Bertz CT molecular complexity index is 1060. The summed E-state index contributed by atoms with van der Waals surface area (Å²) in [6, 6.07) is 22.9. The van der Waals surface area contributed by atoms with Crippen LogP contribution in [0.1, 0.15) is 39.1 Å². The first-order chi connectivity index (χ1) is 15.7. The van der Waals surface area contributed by atoms with E-state index >= 15 is 0 Å². The van der Waals surface area contributed by atoms with Crippen LogP contribution in [0.4, 0.5) is 0 Å². The van der Waals surface area contributed by atoms with Gasteiger partial charge in [-0.1, -0.05) is 48.5 Å². The molecule has 3 aromatic rings. The van der Waals surface area contributed by atoms with Crippen LogP contribution in [-0.4, -0.2) is 59.7 Å². The summed E-state index contributed by atoms with van der Waals surface area (Å²) >= 11 is 0. The van der Waals surface area contributed by atoms with E-state index in [2.05, 4.69) is 76.1 Å². The Labute approximate surface area is 190 Å². The number of hydrogen-bond donors (Lipinski definition) is 0. The fourth-order valence-corrected chi connectivity index (χ4v) is 5.23. The van der Waals surface area contributed by atoms with Crippen LogP contribution in [0.2, 0.25) is 0 Å². The Morgan fingerprint density at radius 2 is 1.69 bits per heavy atom. The first-order valence-electron chi connectivity index (χ1n) is 11.6. The molecule has 0 aliphatic carbocycles. The Hall–Kier alpha value is -2.89. The van der Waals surface area contributed by atoms with Crippen molar-refractivity contribution in [3.63, 3.8) is 0 Å². The highest BCUT2D eigenvalue weighted by Gasteiger charge is 2.42. The molecule has 2 atom stereocenters. The van der Waals surface area contributed by atoms with Gasteiger partial charge in [0, 0.05) is 56.6 Å². The summed E-state index contributed by atoms with van der Waals surface area (Å²) in [6.07, 6.45) is 2.93. The minimum Gasteiger partial charge on any atom is -0.379 e. The summed E-state index contributed by atoms with van der Waals surface area (Å²) in [6.45, 7) is 5.06. The second-order valence-corrected chi connectivity index (χ2v) is 8.83. The number of ether oxygens (including phenoxy) is 1. The molecule has 5 rings (SSSR count). The van der Waals surface area contributed by atoms with Crippen molar-refractivity contribution in [2.75, 3.05) is 39.4 Å². The zero-order chi connectivity index (χ0) is 21.9. The van der Waals surface area contributed by atoms with E-state index < -0.39 is 0 Å². The van der Waals surface area contributed by atoms with Crippen molar-refractivity contribution < 1.29 is 9.53 Å². The standard InChI is InChI=1S/C27H31N3O2/c1-28-14-7-12-25(28)26-24(20-29-16-18-32-19-17-29)22-10-5-6-11-23(22)27(31)30(26)15-13-21-8-3-2-4-9-21/h2-12,14,24,26H,13,15-20H2,1H3/t24-,26-/m0/s1.